The van der Waals surface area contributed by atoms with Gasteiger partial charge in [-0.3, -0.25) is 102 Å². The number of aromatic nitrogens is 2. The van der Waals surface area contributed by atoms with E-state index in [0.717, 1.165) is 38.2 Å². The number of ether oxygens (including phenoxy) is 1. The van der Waals surface area contributed by atoms with E-state index in [0.29, 0.717) is 33.3 Å². The predicted octanol–water partition coefficient (Wildman–Crippen LogP) is -1.74. The van der Waals surface area contributed by atoms with E-state index in [2.05, 4.69) is 84.9 Å². The Labute approximate surface area is 861 Å². The molecule has 1 aromatic heterocycles. The number of aliphatic hydroxyl groups is 2. The molecule has 10 rings (SSSR count). The SMILES string of the molecule is CC(C)C[C@@H]1NC(=O)[C@H](CCCNC(=N)N)NC(=O)[C@H](C(C)C)NC(=O)[C@@H]2CCCN2C(=O)[C@H](C(C)C)NC(=O)[C@@H](CCCNC(=N)NC[C@H](O)CO)NC(=O)[C@H](CC(=O)O)NC(=O)[C@@H]2CCCN2C(=O)CN(C)C(=O)[C@H](Cc2ccc(-c3ccc(NC(=O)c4nn(C)c5ccccc45)cc3)cc2)NC(=O)[C@H](Cc2ccc(-c3ccccc3)cc2)NC(=O)[C@H](CN2CCOCC2)NC(=O)CSC[C@@H](C(=O)NCC(N)=O)NC1=O. The maximum absolute atomic E-state index is 15.8. The largest absolute Gasteiger partial charge is 0.481 e. The number of aryl methyl sites for hydroxylation is 1. The van der Waals surface area contributed by atoms with Gasteiger partial charge in [0.1, 0.15) is 72.5 Å². The highest BCUT2D eigenvalue weighted by Crippen LogP contribution is 2.29. The van der Waals surface area contributed by atoms with Crippen molar-refractivity contribution in [1.29, 1.82) is 10.8 Å². The predicted molar refractivity (Wildman–Crippen MR) is 550 cm³/mol. The quantitative estimate of drug-likeness (QED) is 0.0135. The number of carbonyl (C=O) groups excluding carboxylic acids is 16. The number of carbonyl (C=O) groups is 17. The highest BCUT2D eigenvalue weighted by molar-refractivity contribution is 8.00. The minimum absolute atomic E-state index is 0.0118. The summed E-state index contributed by atoms with van der Waals surface area (Å²) in [6, 6.07) is 19.4. The van der Waals surface area contributed by atoms with Crippen LogP contribution in [0, 0.1) is 28.6 Å². The number of aliphatic carboxylic acids is 1. The van der Waals surface area contributed by atoms with Crippen LogP contribution in [-0.2, 0) is 101 Å². The van der Waals surface area contributed by atoms with Gasteiger partial charge in [0.2, 0.25) is 88.6 Å². The molecule has 4 saturated heterocycles. The number of para-hydroxylation sites is 1. The number of carboxylic acids is 1. The molecule has 0 bridgehead atoms. The van der Waals surface area contributed by atoms with E-state index >= 15 is 28.8 Å². The van der Waals surface area contributed by atoms with Crippen LogP contribution in [0.25, 0.3) is 33.2 Å². The van der Waals surface area contributed by atoms with Crippen molar-refractivity contribution in [2.24, 2.45) is 36.3 Å². The second kappa shape index (κ2) is 56.3. The molecule has 13 atom stereocenters. The summed E-state index contributed by atoms with van der Waals surface area (Å²) in [7, 11) is 3.03. The molecule has 148 heavy (non-hydrogen) atoms. The zero-order valence-corrected chi connectivity index (χ0v) is 85.2. The van der Waals surface area contributed by atoms with Crippen LogP contribution in [0.3, 0.4) is 0 Å². The number of likely N-dealkylation sites (N-methyl/N-ethyl adjacent to an activating group) is 1. The summed E-state index contributed by atoms with van der Waals surface area (Å²) in [6.07, 6.45) is -2.97. The van der Waals surface area contributed by atoms with Gasteiger partial charge in [0.25, 0.3) is 5.91 Å². The highest BCUT2D eigenvalue weighted by atomic mass is 32.2. The van der Waals surface area contributed by atoms with Crippen LogP contribution in [0.1, 0.15) is 127 Å². The summed E-state index contributed by atoms with van der Waals surface area (Å²) in [5, 5.41) is 91.4. The van der Waals surface area contributed by atoms with E-state index in [1.54, 1.807) is 120 Å². The van der Waals surface area contributed by atoms with Crippen molar-refractivity contribution in [3.63, 3.8) is 0 Å². The van der Waals surface area contributed by atoms with Gasteiger partial charge in [-0.2, -0.15) is 5.10 Å². The first kappa shape index (κ1) is 115. The fourth-order valence-corrected chi connectivity index (χ4v) is 18.5. The molecule has 0 aliphatic carbocycles. The van der Waals surface area contributed by atoms with Gasteiger partial charge in [-0.05, 0) is 127 Å². The van der Waals surface area contributed by atoms with Crippen LogP contribution in [0.5, 0.6) is 0 Å². The average molecular weight is 2070 g/mol. The molecule has 0 unspecified atom stereocenters. The second-order valence-corrected chi connectivity index (χ2v) is 39.3. The van der Waals surface area contributed by atoms with Crippen LogP contribution < -0.4 is 91.2 Å². The van der Waals surface area contributed by atoms with Gasteiger partial charge in [0, 0.05) is 96.1 Å². The van der Waals surface area contributed by atoms with Gasteiger partial charge < -0.3 is 126 Å². The molecule has 800 valence electrons. The standard InChI is InChI=1S/C101H139N25O21S/c1-57(2)46-71-90(137)118-76(87(134)108-51-80(102)129)55-148-56-81(130)111-75(52-124-42-44-147-45-43-124)93(140)115-72(47-60-26-30-63(31-27-60)62-18-10-9-11-19-62)91(138)117-74(48-61-28-32-64(33-29-61)65-34-36-66(37-35-65)110-97(144)86-68-20-12-13-23-77(68)123(8)121-86)98(145)122(7)53-82(131)125-40-16-24-78(125)94(141)116-73(49-83(132)133)92(139)112-70(22-15-39-107-101(105)109-50-67(128)54-127)89(136)120-85(59(5)6)99(146)126-41-17-25-79(126)95(142)119-84(58(3)4)96(143)113-69(88(135)114-71)21-14-38-106-100(103)104/h9-13,18-20,23,26-37,57-59,67,69-76,78-79,84-85,127-128H,14-17,21-22,24-25,38-56H2,1-8H3,(H2,102,129)(H,108,134)(H,110,144)(H,111,130)(H,112,139)(H,113,143)(H,114,135)(H,115,140)(H,116,141)(H,117,138)(H,118,137)(H,119,142)(H,120,136)(H,132,133)(H4,103,104,106)(H3,105,107,109)/t67-,69-,70+,71-,72-,73-,74-,75-,76-,78-,79-,84-,85-/m0/s1. The molecule has 0 spiro atoms. The molecule has 47 heteroatoms. The number of nitrogens with two attached hydrogens (primary N) is 2. The second-order valence-electron chi connectivity index (χ2n) is 38.3. The normalized spacial score (nSPS) is 22.6. The van der Waals surface area contributed by atoms with Gasteiger partial charge >= 0.3 is 5.97 Å². The van der Waals surface area contributed by atoms with Crippen LogP contribution in [0.2, 0.25) is 0 Å². The summed E-state index contributed by atoms with van der Waals surface area (Å²) in [5.74, 6) is -19.3. The lowest BCUT2D eigenvalue weighted by atomic mass is 9.98. The van der Waals surface area contributed by atoms with E-state index in [4.69, 9.17) is 27.0 Å². The van der Waals surface area contributed by atoms with Crippen molar-refractivity contribution in [3.8, 4) is 22.3 Å². The molecule has 16 amide bonds. The Balaban J connectivity index is 1.01. The van der Waals surface area contributed by atoms with Crippen LogP contribution in [0.4, 0.5) is 5.69 Å². The monoisotopic (exact) mass is 2070 g/mol. The fourth-order valence-electron chi connectivity index (χ4n) is 17.6. The Morgan fingerprint density at radius 1 is 0.534 bits per heavy atom. The van der Waals surface area contributed by atoms with Gasteiger partial charge in [-0.25, -0.2) is 0 Å². The first-order valence-corrected chi connectivity index (χ1v) is 50.8. The summed E-state index contributed by atoms with van der Waals surface area (Å²) in [5.41, 5.74) is 16.6. The van der Waals surface area contributed by atoms with Crippen molar-refractivity contribution in [1.82, 2.24) is 104 Å². The van der Waals surface area contributed by atoms with Crippen molar-refractivity contribution < 1.29 is 102 Å². The average Bonchev–Trinajstić information content (AvgIpc) is 1.64. The maximum Gasteiger partial charge on any atom is 0.305 e. The van der Waals surface area contributed by atoms with Gasteiger partial charge in [0.05, 0.1) is 56.7 Å². The van der Waals surface area contributed by atoms with Crippen molar-refractivity contribution >= 4 is 141 Å². The lowest BCUT2D eigenvalue weighted by molar-refractivity contribution is -0.145. The van der Waals surface area contributed by atoms with Gasteiger partial charge in [0.15, 0.2) is 17.6 Å². The highest BCUT2D eigenvalue weighted by Gasteiger charge is 2.45. The maximum atomic E-state index is 15.8. The van der Waals surface area contributed by atoms with E-state index in [1.165, 1.54) is 11.9 Å². The lowest BCUT2D eigenvalue weighted by Gasteiger charge is -2.33. The number of hydrogen-bond donors (Lipinski definition) is 22. The fraction of sp³-hybridized carbons (Fsp3) is 0.505. The van der Waals surface area contributed by atoms with Gasteiger partial charge in [-0.15, -0.1) is 11.8 Å². The van der Waals surface area contributed by atoms with E-state index < -0.39 is 235 Å². The van der Waals surface area contributed by atoms with Crippen molar-refractivity contribution in [2.75, 3.05) is 109 Å². The number of guanidine groups is 2. The third-order valence-electron chi connectivity index (χ3n) is 25.6. The zero-order valence-electron chi connectivity index (χ0n) is 84.4. The number of carboxylic acid groups (broad SMARTS) is 1. The lowest BCUT2D eigenvalue weighted by Crippen LogP contribution is -2.61. The zero-order chi connectivity index (χ0) is 108. The number of thioether (sulfide) groups is 1. The number of benzene rings is 5. The van der Waals surface area contributed by atoms with E-state index in [-0.39, 0.29) is 154 Å². The number of nitrogens with zero attached hydrogens (tertiary/aromatic N) is 6. The summed E-state index contributed by atoms with van der Waals surface area (Å²) in [4.78, 5) is 254. The summed E-state index contributed by atoms with van der Waals surface area (Å²) < 4.78 is 7.28. The van der Waals surface area contributed by atoms with Crippen LogP contribution >= 0.6 is 11.8 Å². The molecule has 46 nitrogen and oxygen atoms in total. The number of anilines is 1. The van der Waals surface area contributed by atoms with E-state index in [1.807, 2.05) is 65.6 Å². The molecular formula is C101H139N25O21S. The summed E-state index contributed by atoms with van der Waals surface area (Å²) >= 11 is 0.816. The van der Waals surface area contributed by atoms with E-state index in [9.17, 15) is 68.1 Å². The van der Waals surface area contributed by atoms with Crippen LogP contribution in [-0.4, -0.2) is 340 Å². The number of hydrogen-bond acceptors (Lipinski definition) is 25. The molecule has 4 aliphatic heterocycles. The minimum atomic E-state index is -1.97. The van der Waals surface area contributed by atoms with Crippen LogP contribution in [0.15, 0.2) is 127 Å². The van der Waals surface area contributed by atoms with Gasteiger partial charge in [-0.1, -0.05) is 151 Å². The Hall–Kier alpha value is -14.7. The number of fused-ring (bicyclic) bond motifs is 3. The Morgan fingerprint density at radius 2 is 1.04 bits per heavy atom. The first-order chi connectivity index (χ1) is 70.6. The molecule has 4 aliphatic rings. The summed E-state index contributed by atoms with van der Waals surface area (Å²) in [6.45, 7) is 8.21. The third kappa shape index (κ3) is 34.5. The molecule has 0 radical (unpaired) electrons. The Kier molecular flexibility index (Phi) is 43.8. The molecule has 4 fully saturated rings. The molecule has 0 saturated carbocycles. The Bertz CT molecular complexity index is 5680. The molecule has 5 aromatic carbocycles. The molecule has 5 heterocycles. The molecule has 6 aromatic rings. The third-order valence-corrected chi connectivity index (χ3v) is 26.6. The Morgan fingerprint density at radius 3 is 1.64 bits per heavy atom. The first-order valence-electron chi connectivity index (χ1n) is 49.7. The number of rotatable bonds is 30. The number of morpholine rings is 1. The molecular weight excluding hydrogens is 1930 g/mol. The number of aliphatic hydroxyl groups excluding tert-OH is 2. The van der Waals surface area contributed by atoms with Crippen molar-refractivity contribution in [3.05, 3.63) is 144 Å². The topological polar surface area (TPSA) is 671 Å². The van der Waals surface area contributed by atoms with Crippen molar-refractivity contribution in [2.45, 2.75) is 197 Å². The number of amides is 16. The smallest absolute Gasteiger partial charge is 0.305 e. The molecule has 24 N–H and O–H groups in total. The number of nitrogens with one attached hydrogen (secondary N) is 17. The number of primary amides is 1. The minimum Gasteiger partial charge on any atom is -0.481 e.